The predicted molar refractivity (Wildman–Crippen MR) is 44.9 cm³/mol. The molecule has 0 aliphatic rings. The van der Waals surface area contributed by atoms with E-state index >= 15 is 0 Å². The first-order valence-corrected chi connectivity index (χ1v) is 3.52. The van der Waals surface area contributed by atoms with E-state index in [0.717, 1.165) is 6.42 Å². The molecule has 0 bridgehead atoms. The van der Waals surface area contributed by atoms with Crippen molar-refractivity contribution in [3.05, 3.63) is 48.0 Å². The molecule has 0 amide bonds. The minimum absolute atomic E-state index is 0.842. The predicted octanol–water partition coefficient (Wildman–Crippen LogP) is 2.31. The number of nitriles is 1. The Hall–Kier alpha value is -1.55. The highest BCUT2D eigenvalue weighted by molar-refractivity contribution is 5.18. The van der Waals surface area contributed by atoms with Gasteiger partial charge in [0.25, 0.3) is 0 Å². The molecular formula is C10H9N. The lowest BCUT2D eigenvalue weighted by Gasteiger charge is -1.91. The van der Waals surface area contributed by atoms with Gasteiger partial charge >= 0.3 is 0 Å². The highest BCUT2D eigenvalue weighted by Gasteiger charge is 1.83. The molecule has 0 saturated heterocycles. The van der Waals surface area contributed by atoms with Gasteiger partial charge in [-0.2, -0.15) is 5.26 Å². The van der Waals surface area contributed by atoms with E-state index in [9.17, 15) is 0 Å². The molecule has 11 heavy (non-hydrogen) atoms. The van der Waals surface area contributed by atoms with Crippen molar-refractivity contribution in [2.75, 3.05) is 0 Å². The lowest BCUT2D eigenvalue weighted by Crippen LogP contribution is -1.77. The van der Waals surface area contributed by atoms with Gasteiger partial charge in [0.2, 0.25) is 0 Å². The zero-order valence-corrected chi connectivity index (χ0v) is 6.20. The minimum Gasteiger partial charge on any atom is -0.193 e. The molecule has 1 nitrogen and oxygen atoms in total. The van der Waals surface area contributed by atoms with Gasteiger partial charge in [-0.1, -0.05) is 36.4 Å². The molecule has 1 rings (SSSR count). The van der Waals surface area contributed by atoms with Gasteiger partial charge in [-0.05, 0) is 12.0 Å². The van der Waals surface area contributed by atoms with E-state index in [0.29, 0.717) is 0 Å². The molecule has 0 N–H and O–H groups in total. The minimum atomic E-state index is 0.842. The summed E-state index contributed by atoms with van der Waals surface area (Å²) in [5, 5.41) is 8.21. The van der Waals surface area contributed by atoms with Crippen LogP contribution in [0.3, 0.4) is 0 Å². The van der Waals surface area contributed by atoms with Crippen molar-refractivity contribution >= 4 is 0 Å². The largest absolute Gasteiger partial charge is 0.193 e. The molecule has 0 spiro atoms. The van der Waals surface area contributed by atoms with Crippen molar-refractivity contribution in [1.82, 2.24) is 0 Å². The zero-order chi connectivity index (χ0) is 7.94. The Kier molecular flexibility index (Phi) is 2.95. The van der Waals surface area contributed by atoms with E-state index in [1.807, 2.05) is 42.5 Å². The van der Waals surface area contributed by atoms with Crippen LogP contribution in [0.25, 0.3) is 0 Å². The molecule has 0 fully saturated rings. The molecule has 0 aliphatic carbocycles. The zero-order valence-electron chi connectivity index (χ0n) is 6.20. The van der Waals surface area contributed by atoms with Gasteiger partial charge in [0.15, 0.2) is 0 Å². The maximum absolute atomic E-state index is 8.21. The monoisotopic (exact) mass is 143 g/mol. The molecule has 0 atom stereocenters. The fraction of sp³-hybridized carbons (Fsp3) is 0.100. The summed E-state index contributed by atoms with van der Waals surface area (Å²) in [6.07, 6.45) is 4.21. The smallest absolute Gasteiger partial charge is 0.0908 e. The first kappa shape index (κ1) is 7.56. The summed E-state index contributed by atoms with van der Waals surface area (Å²) in [5.41, 5.74) is 1.24. The Morgan fingerprint density at radius 2 is 2.00 bits per heavy atom. The fourth-order valence-electron chi connectivity index (χ4n) is 0.862. The molecule has 0 aromatic heterocycles. The van der Waals surface area contributed by atoms with Crippen LogP contribution >= 0.6 is 0 Å². The first-order valence-electron chi connectivity index (χ1n) is 3.52. The van der Waals surface area contributed by atoms with Crippen molar-refractivity contribution in [1.29, 1.82) is 5.26 Å². The molecule has 1 aromatic carbocycles. The SMILES string of the molecule is N#C/C=C/Cc1ccccc1. The number of hydrogen-bond acceptors (Lipinski definition) is 1. The van der Waals surface area contributed by atoms with Gasteiger partial charge in [-0.3, -0.25) is 0 Å². The number of benzene rings is 1. The normalized spacial score (nSPS) is 9.73. The molecule has 0 heterocycles. The van der Waals surface area contributed by atoms with E-state index in [-0.39, 0.29) is 0 Å². The first-order chi connectivity index (χ1) is 5.43. The van der Waals surface area contributed by atoms with Crippen LogP contribution in [0.5, 0.6) is 0 Å². The Bertz CT molecular complexity index is 267. The molecule has 0 saturated carbocycles. The van der Waals surface area contributed by atoms with E-state index in [4.69, 9.17) is 5.26 Å². The molecule has 0 aliphatic heterocycles. The van der Waals surface area contributed by atoms with Crippen LogP contribution in [-0.4, -0.2) is 0 Å². The van der Waals surface area contributed by atoms with Crippen molar-refractivity contribution in [3.63, 3.8) is 0 Å². The summed E-state index contributed by atoms with van der Waals surface area (Å²) in [6, 6.07) is 12.0. The lowest BCUT2D eigenvalue weighted by atomic mass is 10.1. The number of nitrogens with zero attached hydrogens (tertiary/aromatic N) is 1. The second-order valence-electron chi connectivity index (χ2n) is 2.22. The van der Waals surface area contributed by atoms with Crippen LogP contribution in [0.1, 0.15) is 5.56 Å². The van der Waals surface area contributed by atoms with E-state index in [2.05, 4.69) is 0 Å². The summed E-state index contributed by atoms with van der Waals surface area (Å²) in [7, 11) is 0. The molecule has 0 radical (unpaired) electrons. The summed E-state index contributed by atoms with van der Waals surface area (Å²) in [6.45, 7) is 0. The molecule has 1 aromatic rings. The number of hydrogen-bond donors (Lipinski definition) is 0. The van der Waals surface area contributed by atoms with Gasteiger partial charge in [0, 0.05) is 6.08 Å². The third kappa shape index (κ3) is 2.68. The lowest BCUT2D eigenvalue weighted by molar-refractivity contribution is 1.27. The van der Waals surface area contributed by atoms with Crippen LogP contribution in [0.15, 0.2) is 42.5 Å². The fourth-order valence-corrected chi connectivity index (χ4v) is 0.862. The van der Waals surface area contributed by atoms with Crippen LogP contribution < -0.4 is 0 Å². The highest BCUT2D eigenvalue weighted by Crippen LogP contribution is 1.99. The Morgan fingerprint density at radius 3 is 2.64 bits per heavy atom. The summed E-state index contributed by atoms with van der Waals surface area (Å²) in [4.78, 5) is 0. The average Bonchev–Trinajstić information content (AvgIpc) is 2.07. The average molecular weight is 143 g/mol. The van der Waals surface area contributed by atoms with Crippen molar-refractivity contribution in [2.45, 2.75) is 6.42 Å². The van der Waals surface area contributed by atoms with Crippen molar-refractivity contribution < 1.29 is 0 Å². The van der Waals surface area contributed by atoms with Crippen LogP contribution in [0, 0.1) is 11.3 Å². The number of rotatable bonds is 2. The van der Waals surface area contributed by atoms with E-state index in [1.165, 1.54) is 11.6 Å². The Morgan fingerprint density at radius 1 is 1.27 bits per heavy atom. The molecule has 54 valence electrons. The Balaban J connectivity index is 2.53. The van der Waals surface area contributed by atoms with Gasteiger partial charge < -0.3 is 0 Å². The summed E-state index contributed by atoms with van der Waals surface area (Å²) in [5.74, 6) is 0. The van der Waals surface area contributed by atoms with Crippen LogP contribution in [-0.2, 0) is 6.42 Å². The van der Waals surface area contributed by atoms with Crippen LogP contribution in [0.2, 0.25) is 0 Å². The summed E-state index contributed by atoms with van der Waals surface area (Å²) < 4.78 is 0. The molecule has 0 unspecified atom stereocenters. The third-order valence-corrected chi connectivity index (χ3v) is 1.39. The highest BCUT2D eigenvalue weighted by atomic mass is 14.2. The van der Waals surface area contributed by atoms with Crippen molar-refractivity contribution in [2.24, 2.45) is 0 Å². The quantitative estimate of drug-likeness (QED) is 0.583. The topological polar surface area (TPSA) is 23.8 Å². The number of allylic oxidation sites excluding steroid dienone is 2. The van der Waals surface area contributed by atoms with E-state index < -0.39 is 0 Å². The maximum atomic E-state index is 8.21. The summed E-state index contributed by atoms with van der Waals surface area (Å²) >= 11 is 0. The van der Waals surface area contributed by atoms with Gasteiger partial charge in [0.1, 0.15) is 0 Å². The molecular weight excluding hydrogens is 134 g/mol. The van der Waals surface area contributed by atoms with Crippen LogP contribution in [0.4, 0.5) is 0 Å². The van der Waals surface area contributed by atoms with Gasteiger partial charge in [0.05, 0.1) is 6.07 Å². The van der Waals surface area contributed by atoms with Gasteiger partial charge in [-0.25, -0.2) is 0 Å². The maximum Gasteiger partial charge on any atom is 0.0908 e. The Labute approximate surface area is 66.6 Å². The second-order valence-corrected chi connectivity index (χ2v) is 2.22. The second kappa shape index (κ2) is 4.29. The third-order valence-electron chi connectivity index (χ3n) is 1.39. The van der Waals surface area contributed by atoms with Crippen molar-refractivity contribution in [3.8, 4) is 6.07 Å². The standard InChI is InChI=1S/C10H9N/c11-9-5-4-8-10-6-2-1-3-7-10/h1-7H,8H2/b5-4+. The molecule has 1 heteroatoms. The van der Waals surface area contributed by atoms with Gasteiger partial charge in [-0.15, -0.1) is 0 Å². The van der Waals surface area contributed by atoms with E-state index in [1.54, 1.807) is 0 Å².